The predicted molar refractivity (Wildman–Crippen MR) is 104 cm³/mol. The number of alkyl halides is 3. The molecule has 2 aliphatic rings. The predicted octanol–water partition coefficient (Wildman–Crippen LogP) is 2.68. The smallest absolute Gasteiger partial charge is 0.416 e. The first kappa shape index (κ1) is 21.2. The molecule has 1 aromatic carbocycles. The minimum atomic E-state index is -4.51. The van der Waals surface area contributed by atoms with E-state index in [2.05, 4.69) is 20.6 Å². The number of ether oxygens (including phenoxy) is 2. The van der Waals surface area contributed by atoms with Crippen LogP contribution in [-0.4, -0.2) is 54.2 Å². The Hall–Kier alpha value is -3.08. The highest BCUT2D eigenvalue weighted by molar-refractivity contribution is 5.75. The molecule has 2 unspecified atom stereocenters. The van der Waals surface area contributed by atoms with Gasteiger partial charge in [0.1, 0.15) is 18.2 Å². The van der Waals surface area contributed by atoms with Gasteiger partial charge in [0.2, 0.25) is 5.88 Å². The van der Waals surface area contributed by atoms with Crippen molar-refractivity contribution in [2.24, 2.45) is 0 Å². The lowest BCUT2D eigenvalue weighted by atomic mass is 9.93. The number of benzene rings is 1. The van der Waals surface area contributed by atoms with Crippen molar-refractivity contribution < 1.29 is 27.4 Å². The van der Waals surface area contributed by atoms with Crippen molar-refractivity contribution in [3.05, 3.63) is 47.4 Å². The topological polar surface area (TPSA) is 88.6 Å². The average molecular weight is 437 g/mol. The van der Waals surface area contributed by atoms with Crippen molar-refractivity contribution in [3.8, 4) is 11.6 Å². The summed E-state index contributed by atoms with van der Waals surface area (Å²) in [4.78, 5) is 22.6. The summed E-state index contributed by atoms with van der Waals surface area (Å²) in [6.07, 6.45) is -3.59. The minimum absolute atomic E-state index is 0.0641. The van der Waals surface area contributed by atoms with Crippen LogP contribution in [0.3, 0.4) is 0 Å². The highest BCUT2D eigenvalue weighted by Gasteiger charge is 2.36. The van der Waals surface area contributed by atoms with Gasteiger partial charge in [-0.3, -0.25) is 0 Å². The fraction of sp³-hybridized carbons (Fsp3) is 0.450. The molecule has 166 valence electrons. The van der Waals surface area contributed by atoms with Crippen molar-refractivity contribution in [1.82, 2.24) is 25.5 Å². The van der Waals surface area contributed by atoms with Crippen molar-refractivity contribution in [3.63, 3.8) is 0 Å². The maximum absolute atomic E-state index is 13.3. The van der Waals surface area contributed by atoms with Crippen molar-refractivity contribution in [1.29, 1.82) is 0 Å². The second-order valence-corrected chi connectivity index (χ2v) is 7.32. The third-order valence-electron chi connectivity index (χ3n) is 5.34. The number of carbonyl (C=O) groups is 1. The number of hydrogen-bond donors (Lipinski definition) is 2. The third kappa shape index (κ3) is 4.66. The molecular formula is C20H22F3N5O3. The van der Waals surface area contributed by atoms with Gasteiger partial charge in [-0.15, -0.1) is 0 Å². The molecule has 0 saturated carbocycles. The summed E-state index contributed by atoms with van der Waals surface area (Å²) in [6.45, 7) is 2.50. The van der Waals surface area contributed by atoms with E-state index in [0.29, 0.717) is 49.7 Å². The van der Waals surface area contributed by atoms with Crippen LogP contribution in [0.4, 0.5) is 18.0 Å². The van der Waals surface area contributed by atoms with Crippen LogP contribution in [0.5, 0.6) is 11.6 Å². The van der Waals surface area contributed by atoms with E-state index < -0.39 is 23.9 Å². The van der Waals surface area contributed by atoms with Crippen LogP contribution in [0.15, 0.2) is 30.6 Å². The van der Waals surface area contributed by atoms with E-state index >= 15 is 0 Å². The zero-order valence-corrected chi connectivity index (χ0v) is 16.8. The van der Waals surface area contributed by atoms with E-state index in [1.165, 1.54) is 19.5 Å². The summed E-state index contributed by atoms with van der Waals surface area (Å²) in [5.74, 6) is 0.374. The van der Waals surface area contributed by atoms with E-state index in [4.69, 9.17) is 9.47 Å². The Morgan fingerprint density at radius 2 is 2.03 bits per heavy atom. The molecule has 2 atom stereocenters. The number of urea groups is 1. The SMILES string of the molecule is COc1cc(C2CC(NC(=O)N3CCNCC3)c3ccc(C(F)(F)F)cc3O2)ncn1. The third-order valence-corrected chi connectivity index (χ3v) is 5.34. The van der Waals surface area contributed by atoms with E-state index in [0.717, 1.165) is 12.1 Å². The number of nitrogens with one attached hydrogen (secondary N) is 2. The van der Waals surface area contributed by atoms with Gasteiger partial charge in [0.15, 0.2) is 0 Å². The summed E-state index contributed by atoms with van der Waals surface area (Å²) in [5.41, 5.74) is 0.129. The number of rotatable bonds is 3. The fourth-order valence-corrected chi connectivity index (χ4v) is 3.71. The minimum Gasteiger partial charge on any atom is -0.484 e. The van der Waals surface area contributed by atoms with Crippen LogP contribution in [-0.2, 0) is 6.18 Å². The number of nitrogens with zero attached hydrogens (tertiary/aromatic N) is 3. The molecule has 0 radical (unpaired) electrons. The van der Waals surface area contributed by atoms with E-state index in [1.54, 1.807) is 11.0 Å². The van der Waals surface area contributed by atoms with Gasteiger partial charge in [-0.05, 0) is 12.1 Å². The lowest BCUT2D eigenvalue weighted by molar-refractivity contribution is -0.137. The van der Waals surface area contributed by atoms with Gasteiger partial charge in [0, 0.05) is 44.2 Å². The zero-order valence-electron chi connectivity index (χ0n) is 16.8. The number of hydrogen-bond acceptors (Lipinski definition) is 6. The first-order chi connectivity index (χ1) is 14.8. The van der Waals surface area contributed by atoms with Gasteiger partial charge >= 0.3 is 12.2 Å². The monoisotopic (exact) mass is 437 g/mol. The number of carbonyl (C=O) groups excluding carboxylic acids is 1. The molecule has 3 heterocycles. The van der Waals surface area contributed by atoms with Gasteiger partial charge in [-0.2, -0.15) is 13.2 Å². The Kier molecular flexibility index (Phi) is 5.86. The van der Waals surface area contributed by atoms with Gasteiger partial charge in [0.25, 0.3) is 0 Å². The highest BCUT2D eigenvalue weighted by atomic mass is 19.4. The summed E-state index contributed by atoms with van der Waals surface area (Å²) >= 11 is 0. The number of piperazine rings is 1. The standard InChI is InChI=1S/C20H22F3N5O3/c1-30-18-10-15(25-11-26-18)17-9-14(27-19(29)28-6-4-24-5-7-28)13-3-2-12(20(21,22)23)8-16(13)31-17/h2-3,8,10-11,14,17,24H,4-7,9H2,1H3,(H,27,29). The lowest BCUT2D eigenvalue weighted by Crippen LogP contribution is -2.51. The molecule has 2 amide bonds. The normalized spacial score (nSPS) is 21.1. The molecule has 31 heavy (non-hydrogen) atoms. The van der Waals surface area contributed by atoms with Crippen molar-refractivity contribution in [2.45, 2.75) is 24.7 Å². The second kappa shape index (κ2) is 8.58. The largest absolute Gasteiger partial charge is 0.484 e. The molecule has 4 rings (SSSR count). The maximum atomic E-state index is 13.3. The number of aromatic nitrogens is 2. The number of amides is 2. The Bertz CT molecular complexity index is 950. The Morgan fingerprint density at radius 1 is 1.26 bits per heavy atom. The first-order valence-electron chi connectivity index (χ1n) is 9.85. The molecule has 11 heteroatoms. The maximum Gasteiger partial charge on any atom is 0.416 e. The quantitative estimate of drug-likeness (QED) is 0.768. The zero-order chi connectivity index (χ0) is 22.0. The molecule has 0 bridgehead atoms. The Balaban J connectivity index is 1.65. The van der Waals surface area contributed by atoms with Gasteiger partial charge < -0.3 is 25.0 Å². The number of fused-ring (bicyclic) bond motifs is 1. The molecule has 2 aromatic rings. The van der Waals surface area contributed by atoms with Crippen molar-refractivity contribution in [2.75, 3.05) is 33.3 Å². The molecule has 1 fully saturated rings. The molecule has 2 N–H and O–H groups in total. The molecule has 8 nitrogen and oxygen atoms in total. The lowest BCUT2D eigenvalue weighted by Gasteiger charge is -2.35. The molecule has 0 aliphatic carbocycles. The summed E-state index contributed by atoms with van der Waals surface area (Å²) < 4.78 is 50.8. The van der Waals surface area contributed by atoms with Crippen LogP contribution in [0.1, 0.15) is 35.4 Å². The molecular weight excluding hydrogens is 415 g/mol. The Morgan fingerprint density at radius 3 is 2.74 bits per heavy atom. The van der Waals surface area contributed by atoms with Gasteiger partial charge in [-0.25, -0.2) is 14.8 Å². The van der Waals surface area contributed by atoms with Gasteiger partial charge in [-0.1, -0.05) is 6.07 Å². The number of methoxy groups -OCH3 is 1. The van der Waals surface area contributed by atoms with Crippen LogP contribution in [0.2, 0.25) is 0 Å². The molecule has 1 saturated heterocycles. The average Bonchev–Trinajstić information content (AvgIpc) is 2.78. The molecule has 1 aromatic heterocycles. The van der Waals surface area contributed by atoms with E-state index in [9.17, 15) is 18.0 Å². The molecule has 0 spiro atoms. The van der Waals surface area contributed by atoms with E-state index in [1.807, 2.05) is 0 Å². The highest BCUT2D eigenvalue weighted by Crippen LogP contribution is 2.43. The Labute approximate surface area is 176 Å². The van der Waals surface area contributed by atoms with Crippen LogP contribution >= 0.6 is 0 Å². The molecule has 2 aliphatic heterocycles. The van der Waals surface area contributed by atoms with Crippen LogP contribution in [0, 0.1) is 0 Å². The van der Waals surface area contributed by atoms with Crippen LogP contribution < -0.4 is 20.1 Å². The second-order valence-electron chi connectivity index (χ2n) is 7.32. The van der Waals surface area contributed by atoms with Crippen LogP contribution in [0.25, 0.3) is 0 Å². The van der Waals surface area contributed by atoms with Crippen molar-refractivity contribution >= 4 is 6.03 Å². The first-order valence-corrected chi connectivity index (χ1v) is 9.85. The summed E-state index contributed by atoms with van der Waals surface area (Å²) in [5, 5.41) is 6.13. The number of halogens is 3. The fourth-order valence-electron chi connectivity index (χ4n) is 3.71. The summed E-state index contributed by atoms with van der Waals surface area (Å²) in [7, 11) is 1.45. The van der Waals surface area contributed by atoms with E-state index in [-0.39, 0.29) is 11.8 Å². The summed E-state index contributed by atoms with van der Waals surface area (Å²) in [6, 6.07) is 4.08. The van der Waals surface area contributed by atoms with Gasteiger partial charge in [0.05, 0.1) is 24.4 Å².